The number of ether oxygens (including phenoxy) is 1. The Hall–Kier alpha value is -6.83. The summed E-state index contributed by atoms with van der Waals surface area (Å²) in [5.74, 6) is 1.53. The molecule has 0 radical (unpaired) electrons. The number of benzene rings is 2. The average Bonchev–Trinajstić information content (AvgIpc) is 4.21. The van der Waals surface area contributed by atoms with Crippen LogP contribution in [-0.2, 0) is 9.59 Å². The summed E-state index contributed by atoms with van der Waals surface area (Å²) in [6.45, 7) is 15.1. The minimum Gasteiger partial charge on any atom is -0.507 e. The van der Waals surface area contributed by atoms with Gasteiger partial charge >= 0.3 is 0 Å². The molecule has 4 aliphatic heterocycles. The lowest BCUT2D eigenvalue weighted by Gasteiger charge is -2.46. The highest BCUT2D eigenvalue weighted by Gasteiger charge is 2.45. The molecule has 2 bridgehead atoms. The van der Waals surface area contributed by atoms with Crippen LogP contribution in [-0.4, -0.2) is 139 Å². The standard InChI is InChI=1S/C56H68N12O6S/c1-32(2)52(56(72)67-30-42(69)25-47(67)55(71)60-33(3)36-10-12-37(13-11-36)53-34(4)59-31-75-53)49-27-50(63-74-49)65-20-18-64(19-21-65)35(5)38-22-43(23-38)73-51-24-39(16-17-58-51)68-40-14-15-41(68)29-66(28-40)46-26-45(61-62-54(46)57)44-8-6-7-9-48(44)70/h6-13,16-17,24,26-27,31-33,35,38,40-43,47,52,69-70H,14-15,18-23,25,28-30H2,1-5H3,(H2,57,62)(H,60,71)/t33-,35?,38-,40?,41?,42+,43-,47-,52+/m0/s1. The van der Waals surface area contributed by atoms with E-state index in [9.17, 15) is 19.8 Å². The summed E-state index contributed by atoms with van der Waals surface area (Å²) >= 11 is 1.60. The molecular weight excluding hydrogens is 969 g/mol. The van der Waals surface area contributed by atoms with Crippen molar-refractivity contribution >= 4 is 46.2 Å². The Bertz CT molecular complexity index is 2980. The van der Waals surface area contributed by atoms with Crippen molar-refractivity contribution in [1.29, 1.82) is 0 Å². The lowest BCUT2D eigenvalue weighted by Crippen LogP contribution is -2.54. The van der Waals surface area contributed by atoms with Crippen LogP contribution in [0.2, 0.25) is 0 Å². The van der Waals surface area contributed by atoms with Gasteiger partial charge in [-0.1, -0.05) is 55.4 Å². The summed E-state index contributed by atoms with van der Waals surface area (Å²) in [5.41, 5.74) is 14.4. The van der Waals surface area contributed by atoms with Crippen LogP contribution in [0.3, 0.4) is 0 Å². The van der Waals surface area contributed by atoms with Gasteiger partial charge in [0.25, 0.3) is 0 Å². The zero-order valence-electron chi connectivity index (χ0n) is 43.3. The number of fused-ring (bicyclic) bond motifs is 2. The molecular formula is C56H68N12O6S. The third kappa shape index (κ3) is 10.2. The monoisotopic (exact) mass is 1040 g/mol. The number of para-hydroxylation sites is 1. The number of phenols is 1. The van der Waals surface area contributed by atoms with E-state index in [1.54, 1.807) is 23.5 Å². The first-order chi connectivity index (χ1) is 36.3. The number of piperazine rings is 2. The Morgan fingerprint density at radius 1 is 0.880 bits per heavy atom. The number of phenolic OH excluding ortho intramolecular Hbond substituents is 1. The number of anilines is 4. The van der Waals surface area contributed by atoms with Crippen LogP contribution in [0.1, 0.15) is 88.8 Å². The van der Waals surface area contributed by atoms with E-state index < -0.39 is 18.1 Å². The molecule has 7 atom stereocenters. The van der Waals surface area contributed by atoms with Gasteiger partial charge in [-0.05, 0) is 93.7 Å². The lowest BCUT2D eigenvalue weighted by atomic mass is 9.77. The Morgan fingerprint density at radius 2 is 1.63 bits per heavy atom. The number of hydrogen-bond acceptors (Lipinski definition) is 17. The van der Waals surface area contributed by atoms with Crippen LogP contribution in [0, 0.1) is 18.8 Å². The largest absolute Gasteiger partial charge is 0.507 e. The predicted molar refractivity (Wildman–Crippen MR) is 289 cm³/mol. The van der Waals surface area contributed by atoms with Crippen LogP contribution < -0.4 is 30.5 Å². The van der Waals surface area contributed by atoms with Gasteiger partial charge in [0.1, 0.15) is 23.8 Å². The highest BCUT2D eigenvalue weighted by molar-refractivity contribution is 7.13. The van der Waals surface area contributed by atoms with Gasteiger partial charge in [0, 0.05) is 99.9 Å². The normalized spacial score (nSPS) is 24.0. The van der Waals surface area contributed by atoms with Crippen LogP contribution in [0.4, 0.5) is 23.0 Å². The minimum absolute atomic E-state index is 0.0746. The summed E-state index contributed by atoms with van der Waals surface area (Å²) in [5, 5.41) is 37.4. The van der Waals surface area contributed by atoms with Gasteiger partial charge in [-0.3, -0.25) is 14.5 Å². The fraction of sp³-hybridized carbons (Fsp3) is 0.482. The van der Waals surface area contributed by atoms with Gasteiger partial charge in [-0.25, -0.2) is 9.97 Å². The smallest absolute Gasteiger partial charge is 0.243 e. The molecule has 2 aromatic carbocycles. The maximum Gasteiger partial charge on any atom is 0.243 e. The fourth-order valence-electron chi connectivity index (χ4n) is 12.2. The number of carbonyl (C=O) groups excluding carboxylic acids is 2. The topological polar surface area (TPSA) is 216 Å². The average molecular weight is 1040 g/mol. The summed E-state index contributed by atoms with van der Waals surface area (Å²) in [6.07, 6.45) is 5.41. The third-order valence-corrected chi connectivity index (χ3v) is 17.5. The van der Waals surface area contributed by atoms with Crippen molar-refractivity contribution in [2.75, 3.05) is 66.2 Å². The van der Waals surface area contributed by atoms with E-state index >= 15 is 0 Å². The molecule has 394 valence electrons. The van der Waals surface area contributed by atoms with E-state index in [4.69, 9.17) is 15.0 Å². The van der Waals surface area contributed by atoms with Crippen molar-refractivity contribution < 1.29 is 29.1 Å². The van der Waals surface area contributed by atoms with Crippen molar-refractivity contribution in [3.63, 3.8) is 0 Å². The quantitative estimate of drug-likeness (QED) is 0.0811. The number of nitrogen functional groups attached to an aromatic ring is 1. The van der Waals surface area contributed by atoms with Gasteiger partial charge in [-0.2, -0.15) is 0 Å². The number of β-amino-alcohol motifs (C(OH)–C–C–N with tert-alkyl or cyclic N) is 1. The van der Waals surface area contributed by atoms with E-state index in [1.165, 1.54) is 4.90 Å². The molecule has 75 heavy (non-hydrogen) atoms. The number of pyridine rings is 1. The van der Waals surface area contributed by atoms with Crippen molar-refractivity contribution in [3.8, 4) is 33.3 Å². The predicted octanol–water partition coefficient (Wildman–Crippen LogP) is 7.05. The molecule has 19 heteroatoms. The number of nitrogens with zero attached hydrogens (tertiary/aromatic N) is 10. The van der Waals surface area contributed by atoms with Crippen LogP contribution in [0.5, 0.6) is 11.6 Å². The number of aromatic nitrogens is 5. The number of rotatable bonds is 15. The van der Waals surface area contributed by atoms with E-state index in [0.717, 1.165) is 98.0 Å². The molecule has 4 aromatic heterocycles. The number of aromatic hydroxyl groups is 1. The zero-order chi connectivity index (χ0) is 52.1. The molecule has 5 N–H and O–H groups in total. The highest BCUT2D eigenvalue weighted by atomic mass is 32.1. The number of aliphatic hydroxyl groups excluding tert-OH is 1. The molecule has 1 aliphatic carbocycles. The van der Waals surface area contributed by atoms with Gasteiger partial charge in [0.15, 0.2) is 17.4 Å². The summed E-state index contributed by atoms with van der Waals surface area (Å²) in [7, 11) is 0. The van der Waals surface area contributed by atoms with Gasteiger partial charge in [0.2, 0.25) is 17.7 Å². The molecule has 18 nitrogen and oxygen atoms in total. The number of carbonyl (C=O) groups is 2. The highest BCUT2D eigenvalue weighted by Crippen LogP contribution is 2.42. The molecule has 4 saturated heterocycles. The van der Waals surface area contributed by atoms with Crippen molar-refractivity contribution in [3.05, 3.63) is 102 Å². The number of likely N-dealkylation sites (tertiary alicyclic amines) is 1. The summed E-state index contributed by atoms with van der Waals surface area (Å²) in [4.78, 5) is 49.5. The third-order valence-electron chi connectivity index (χ3n) is 16.5. The van der Waals surface area contributed by atoms with E-state index in [2.05, 4.69) is 69.3 Å². The van der Waals surface area contributed by atoms with Crippen LogP contribution >= 0.6 is 11.3 Å². The van der Waals surface area contributed by atoms with Crippen LogP contribution in [0.15, 0.2) is 89.0 Å². The fourth-order valence-corrected chi connectivity index (χ4v) is 13.0. The lowest BCUT2D eigenvalue weighted by molar-refractivity contribution is -0.141. The molecule has 1 saturated carbocycles. The first-order valence-electron chi connectivity index (χ1n) is 26.6. The number of aryl methyl sites for hydroxylation is 1. The zero-order valence-corrected chi connectivity index (χ0v) is 44.1. The number of nitrogens with two attached hydrogens (primary N) is 1. The number of thiazole rings is 1. The Morgan fingerprint density at radius 3 is 2.33 bits per heavy atom. The Balaban J connectivity index is 0.652. The van der Waals surface area contributed by atoms with Gasteiger partial charge < -0.3 is 50.1 Å². The SMILES string of the molecule is Cc1ncsc1-c1ccc([C@H](C)NC(=O)[C@@H]2C[C@@H](O)CN2C(=O)[C@@H](c2cc(N3CCN(C(C)[C@H]4C[C@H](Oc5cc(N6C7CCC6CN(c6cc(-c8ccccc8O)nnc6N)C7)ccn5)C4)CC3)no2)C(C)C)cc1. The Labute approximate surface area is 441 Å². The number of nitrogens with one attached hydrogen (secondary N) is 1. The Kier molecular flexibility index (Phi) is 14.1. The van der Waals surface area contributed by atoms with E-state index in [-0.39, 0.29) is 60.7 Å². The van der Waals surface area contributed by atoms with E-state index in [1.807, 2.05) is 87.9 Å². The molecule has 0 spiro atoms. The van der Waals surface area contributed by atoms with Crippen molar-refractivity contribution in [2.45, 2.75) is 115 Å². The number of aliphatic hydroxyl groups is 1. The second-order valence-electron chi connectivity index (χ2n) is 21.6. The van der Waals surface area contributed by atoms with Gasteiger partial charge in [0.05, 0.1) is 39.6 Å². The molecule has 2 amide bonds. The van der Waals surface area contributed by atoms with E-state index in [0.29, 0.717) is 46.5 Å². The minimum atomic E-state index is -0.812. The van der Waals surface area contributed by atoms with Gasteiger partial charge in [-0.15, -0.1) is 21.5 Å². The molecule has 3 unspecified atom stereocenters. The molecule has 5 aliphatic rings. The molecule has 8 heterocycles. The number of amides is 2. The summed E-state index contributed by atoms with van der Waals surface area (Å²) in [6, 6.07) is 23.1. The number of hydrogen-bond donors (Lipinski definition) is 4. The summed E-state index contributed by atoms with van der Waals surface area (Å²) < 4.78 is 12.5. The maximum atomic E-state index is 14.4. The molecule has 11 rings (SSSR count). The molecule has 5 fully saturated rings. The van der Waals surface area contributed by atoms with Crippen LogP contribution in [0.25, 0.3) is 21.7 Å². The second-order valence-corrected chi connectivity index (χ2v) is 22.5. The second kappa shape index (κ2) is 21.1. The first-order valence-corrected chi connectivity index (χ1v) is 27.5. The maximum absolute atomic E-state index is 14.4. The van der Waals surface area contributed by atoms with Crippen molar-refractivity contribution in [2.24, 2.45) is 11.8 Å². The first kappa shape index (κ1) is 50.3. The van der Waals surface area contributed by atoms with Crippen molar-refractivity contribution in [1.82, 2.24) is 40.4 Å². The molecule has 6 aromatic rings.